The zero-order valence-electron chi connectivity index (χ0n) is 13.7. The predicted octanol–water partition coefficient (Wildman–Crippen LogP) is 4.02. The highest BCUT2D eigenvalue weighted by atomic mass is 15.1. The Bertz CT molecular complexity index is 870. The summed E-state index contributed by atoms with van der Waals surface area (Å²) in [6.07, 6.45) is 4.03. The third-order valence-electron chi connectivity index (χ3n) is 4.40. The first kappa shape index (κ1) is 14.8. The summed E-state index contributed by atoms with van der Waals surface area (Å²) in [5.74, 6) is 0. The van der Waals surface area contributed by atoms with Crippen LogP contribution in [0.5, 0.6) is 0 Å². The molecule has 0 N–H and O–H groups in total. The summed E-state index contributed by atoms with van der Waals surface area (Å²) in [4.78, 5) is 2.33. The first-order chi connectivity index (χ1) is 11.8. The monoisotopic (exact) mass is 313 g/mol. The fraction of sp³-hybridized carbons (Fsp3) is 0.143. The number of fused-ring (bicyclic) bond motifs is 1. The van der Waals surface area contributed by atoms with Crippen molar-refractivity contribution in [3.63, 3.8) is 0 Å². The molecule has 0 atom stereocenters. The lowest BCUT2D eigenvalue weighted by Crippen LogP contribution is -2.16. The van der Waals surface area contributed by atoms with Crippen molar-refractivity contribution in [1.29, 1.82) is 0 Å². The molecule has 1 aromatic heterocycles. The predicted molar refractivity (Wildman–Crippen MR) is 97.3 cm³/mol. The molecule has 0 fully saturated rings. The lowest BCUT2D eigenvalue weighted by Gasteiger charge is -2.15. The largest absolute Gasteiger partial charge is 0.298 e. The van der Waals surface area contributed by atoms with E-state index in [1.165, 1.54) is 22.3 Å². The van der Waals surface area contributed by atoms with E-state index >= 15 is 0 Å². The fourth-order valence-electron chi connectivity index (χ4n) is 3.21. The Kier molecular flexibility index (Phi) is 3.93. The van der Waals surface area contributed by atoms with Crippen LogP contribution >= 0.6 is 0 Å². The van der Waals surface area contributed by atoms with Crippen LogP contribution in [0.3, 0.4) is 0 Å². The van der Waals surface area contributed by atoms with Gasteiger partial charge in [0.2, 0.25) is 0 Å². The van der Waals surface area contributed by atoms with Gasteiger partial charge in [-0.15, -0.1) is 0 Å². The van der Waals surface area contributed by atoms with Gasteiger partial charge in [0, 0.05) is 24.8 Å². The second-order valence-corrected chi connectivity index (χ2v) is 6.16. The van der Waals surface area contributed by atoms with Gasteiger partial charge < -0.3 is 0 Å². The number of rotatable bonds is 2. The molecule has 0 radical (unpaired) electrons. The van der Waals surface area contributed by atoms with Gasteiger partial charge in [-0.05, 0) is 47.5 Å². The van der Waals surface area contributed by atoms with E-state index in [0.29, 0.717) is 0 Å². The van der Waals surface area contributed by atoms with E-state index in [1.807, 2.05) is 12.1 Å². The molecule has 2 heterocycles. The minimum Gasteiger partial charge on any atom is -0.298 e. The topological polar surface area (TPSA) is 29.0 Å². The molecule has 3 nitrogen and oxygen atoms in total. The van der Waals surface area contributed by atoms with Gasteiger partial charge in [0.1, 0.15) is 0 Å². The summed E-state index contributed by atoms with van der Waals surface area (Å²) in [5, 5.41) is 8.24. The highest BCUT2D eigenvalue weighted by Gasteiger charge is 2.16. The molecule has 0 bridgehead atoms. The maximum absolute atomic E-state index is 4.24. The minimum absolute atomic E-state index is 0.914. The van der Waals surface area contributed by atoms with Crippen LogP contribution in [-0.2, 0) is 6.54 Å². The van der Waals surface area contributed by atoms with Crippen LogP contribution < -0.4 is 0 Å². The first-order valence-electron chi connectivity index (χ1n) is 8.17. The van der Waals surface area contributed by atoms with Crippen LogP contribution in [0.1, 0.15) is 16.7 Å². The van der Waals surface area contributed by atoms with Crippen molar-refractivity contribution in [1.82, 2.24) is 15.1 Å². The van der Waals surface area contributed by atoms with Crippen molar-refractivity contribution in [2.75, 3.05) is 13.6 Å². The van der Waals surface area contributed by atoms with Gasteiger partial charge in [-0.1, -0.05) is 48.5 Å². The SMILES string of the molecule is CN1CC=C(c2ccccc2)c2ccc(-c3cccnn3)cc2C1. The molecule has 0 unspecified atom stereocenters. The van der Waals surface area contributed by atoms with Gasteiger partial charge in [0.15, 0.2) is 0 Å². The average molecular weight is 313 g/mol. The Hall–Kier alpha value is -2.78. The Morgan fingerprint density at radius 2 is 1.79 bits per heavy atom. The molecule has 0 saturated heterocycles. The van der Waals surface area contributed by atoms with Gasteiger partial charge in [-0.25, -0.2) is 0 Å². The van der Waals surface area contributed by atoms with E-state index in [-0.39, 0.29) is 0 Å². The lowest BCUT2D eigenvalue weighted by atomic mass is 9.92. The number of hydrogen-bond donors (Lipinski definition) is 0. The summed E-state index contributed by atoms with van der Waals surface area (Å²) in [6.45, 7) is 1.87. The van der Waals surface area contributed by atoms with Gasteiger partial charge in [-0.2, -0.15) is 10.2 Å². The summed E-state index contributed by atoms with van der Waals surface area (Å²) < 4.78 is 0. The summed E-state index contributed by atoms with van der Waals surface area (Å²) in [6, 6.07) is 21.1. The number of hydrogen-bond acceptors (Lipinski definition) is 3. The molecule has 3 aromatic rings. The van der Waals surface area contributed by atoms with Crippen LogP contribution in [-0.4, -0.2) is 28.7 Å². The maximum Gasteiger partial charge on any atom is 0.0929 e. The molecule has 0 aliphatic carbocycles. The third-order valence-corrected chi connectivity index (χ3v) is 4.40. The Morgan fingerprint density at radius 3 is 2.58 bits per heavy atom. The fourth-order valence-corrected chi connectivity index (χ4v) is 3.21. The summed E-state index contributed by atoms with van der Waals surface area (Å²) in [7, 11) is 2.16. The molecular weight excluding hydrogens is 294 g/mol. The van der Waals surface area contributed by atoms with Gasteiger partial charge in [0.05, 0.1) is 5.69 Å². The van der Waals surface area contributed by atoms with Crippen LogP contribution in [0, 0.1) is 0 Å². The third kappa shape index (κ3) is 2.86. The molecule has 0 saturated carbocycles. The zero-order valence-corrected chi connectivity index (χ0v) is 13.7. The molecule has 118 valence electrons. The van der Waals surface area contributed by atoms with Crippen LogP contribution in [0.15, 0.2) is 72.9 Å². The molecule has 0 amide bonds. The molecular formula is C21H19N3. The number of likely N-dealkylation sites (N-methyl/N-ethyl adjacent to an activating group) is 1. The minimum atomic E-state index is 0.914. The number of benzene rings is 2. The van der Waals surface area contributed by atoms with Gasteiger partial charge >= 0.3 is 0 Å². The molecule has 1 aliphatic heterocycles. The van der Waals surface area contributed by atoms with Gasteiger partial charge in [-0.3, -0.25) is 4.90 Å². The molecule has 0 spiro atoms. The standard InChI is InChI=1S/C21H19N3/c1-24-13-11-20(16-6-3-2-4-7-16)19-10-9-17(14-18(19)15-24)21-8-5-12-22-23-21/h2-12,14H,13,15H2,1H3. The average Bonchev–Trinajstić information content (AvgIpc) is 2.80. The Labute approximate surface area is 142 Å². The first-order valence-corrected chi connectivity index (χ1v) is 8.17. The van der Waals surface area contributed by atoms with Crippen LogP contribution in [0.2, 0.25) is 0 Å². The van der Waals surface area contributed by atoms with Crippen molar-refractivity contribution >= 4 is 5.57 Å². The second-order valence-electron chi connectivity index (χ2n) is 6.16. The summed E-state index contributed by atoms with van der Waals surface area (Å²) in [5.41, 5.74) is 7.23. The van der Waals surface area contributed by atoms with Crippen LogP contribution in [0.25, 0.3) is 16.8 Å². The Balaban J connectivity index is 1.83. The van der Waals surface area contributed by atoms with Crippen molar-refractivity contribution in [2.24, 2.45) is 0 Å². The van der Waals surface area contributed by atoms with E-state index in [0.717, 1.165) is 24.3 Å². The van der Waals surface area contributed by atoms with Gasteiger partial charge in [0.25, 0.3) is 0 Å². The van der Waals surface area contributed by atoms with E-state index < -0.39 is 0 Å². The maximum atomic E-state index is 4.24. The molecule has 24 heavy (non-hydrogen) atoms. The van der Waals surface area contributed by atoms with Crippen molar-refractivity contribution < 1.29 is 0 Å². The van der Waals surface area contributed by atoms with E-state index in [4.69, 9.17) is 0 Å². The molecule has 3 heteroatoms. The quantitative estimate of drug-likeness (QED) is 0.715. The van der Waals surface area contributed by atoms with E-state index in [1.54, 1.807) is 6.20 Å². The van der Waals surface area contributed by atoms with Crippen LogP contribution in [0.4, 0.5) is 0 Å². The normalized spacial score (nSPS) is 14.6. The molecule has 4 rings (SSSR count). The zero-order chi connectivity index (χ0) is 16.4. The van der Waals surface area contributed by atoms with Crippen molar-refractivity contribution in [3.05, 3.63) is 89.6 Å². The molecule has 2 aromatic carbocycles. The van der Waals surface area contributed by atoms with E-state index in [2.05, 4.69) is 76.8 Å². The Morgan fingerprint density at radius 1 is 0.917 bits per heavy atom. The van der Waals surface area contributed by atoms with Crippen molar-refractivity contribution in [3.8, 4) is 11.3 Å². The smallest absolute Gasteiger partial charge is 0.0929 e. The number of nitrogens with zero attached hydrogens (tertiary/aromatic N) is 3. The van der Waals surface area contributed by atoms with E-state index in [9.17, 15) is 0 Å². The highest BCUT2D eigenvalue weighted by Crippen LogP contribution is 2.32. The molecule has 1 aliphatic rings. The van der Waals surface area contributed by atoms with Crippen molar-refractivity contribution in [2.45, 2.75) is 6.54 Å². The lowest BCUT2D eigenvalue weighted by molar-refractivity contribution is 0.366. The second kappa shape index (κ2) is 6.38. The number of aromatic nitrogens is 2. The highest BCUT2D eigenvalue weighted by molar-refractivity contribution is 5.83. The summed E-state index contributed by atoms with van der Waals surface area (Å²) >= 11 is 0.